The molecule has 0 saturated heterocycles. The Bertz CT molecular complexity index is 847. The maximum Gasteiger partial charge on any atom is 0.234 e. The number of thioether (sulfide) groups is 1. The van der Waals surface area contributed by atoms with E-state index in [4.69, 9.17) is 10.5 Å². The number of nitrogens with one attached hydrogen (secondary N) is 1. The fraction of sp³-hybridized carbons (Fsp3) is 0.188. The second-order valence-corrected chi connectivity index (χ2v) is 5.91. The Labute approximate surface area is 143 Å². The summed E-state index contributed by atoms with van der Waals surface area (Å²) in [6.07, 6.45) is 1.74. The predicted molar refractivity (Wildman–Crippen MR) is 94.4 cm³/mol. The molecule has 0 unspecified atom stereocenters. The maximum atomic E-state index is 12.1. The number of hydrogen-bond donors (Lipinski definition) is 2. The number of aromatic nitrogens is 3. The highest BCUT2D eigenvalue weighted by atomic mass is 32.2. The molecule has 124 valence electrons. The van der Waals surface area contributed by atoms with Gasteiger partial charge < -0.3 is 15.8 Å². The lowest BCUT2D eigenvalue weighted by Crippen LogP contribution is -2.14. The SMILES string of the molecule is CCOc1ccc(NC(=O)CSc2nnc3ccc(N)cn23)cc1. The van der Waals surface area contributed by atoms with Gasteiger partial charge >= 0.3 is 0 Å². The molecule has 8 heteroatoms. The third kappa shape index (κ3) is 3.77. The molecule has 0 aliphatic heterocycles. The minimum atomic E-state index is -0.121. The van der Waals surface area contributed by atoms with Gasteiger partial charge in [0, 0.05) is 17.6 Å². The summed E-state index contributed by atoms with van der Waals surface area (Å²) in [5, 5.41) is 11.6. The molecular weight excluding hydrogens is 326 g/mol. The van der Waals surface area contributed by atoms with Gasteiger partial charge in [0.1, 0.15) is 5.75 Å². The van der Waals surface area contributed by atoms with E-state index in [1.54, 1.807) is 34.9 Å². The number of carbonyl (C=O) groups is 1. The Morgan fingerprint density at radius 3 is 2.79 bits per heavy atom. The monoisotopic (exact) mass is 343 g/mol. The summed E-state index contributed by atoms with van der Waals surface area (Å²) in [7, 11) is 0. The third-order valence-corrected chi connectivity index (χ3v) is 4.12. The van der Waals surface area contributed by atoms with Crippen LogP contribution in [0.25, 0.3) is 5.65 Å². The zero-order valence-electron chi connectivity index (χ0n) is 13.1. The summed E-state index contributed by atoms with van der Waals surface area (Å²) < 4.78 is 7.14. The molecule has 1 aromatic carbocycles. The molecule has 2 heterocycles. The van der Waals surface area contributed by atoms with Gasteiger partial charge in [0.05, 0.1) is 12.4 Å². The summed E-state index contributed by atoms with van der Waals surface area (Å²) >= 11 is 1.30. The first-order valence-corrected chi connectivity index (χ1v) is 8.40. The summed E-state index contributed by atoms with van der Waals surface area (Å²) in [6.45, 7) is 2.54. The minimum Gasteiger partial charge on any atom is -0.494 e. The number of rotatable bonds is 6. The average Bonchev–Trinajstić information content (AvgIpc) is 2.97. The van der Waals surface area contributed by atoms with Gasteiger partial charge in [-0.25, -0.2) is 0 Å². The lowest BCUT2D eigenvalue weighted by molar-refractivity contribution is -0.113. The number of anilines is 2. The van der Waals surface area contributed by atoms with Crippen molar-refractivity contribution in [3.63, 3.8) is 0 Å². The molecule has 7 nitrogen and oxygen atoms in total. The zero-order chi connectivity index (χ0) is 16.9. The molecule has 0 saturated carbocycles. The van der Waals surface area contributed by atoms with Crippen molar-refractivity contribution in [2.24, 2.45) is 0 Å². The molecule has 3 aromatic rings. The van der Waals surface area contributed by atoms with Crippen LogP contribution in [-0.2, 0) is 4.79 Å². The Morgan fingerprint density at radius 1 is 1.25 bits per heavy atom. The summed E-state index contributed by atoms with van der Waals surface area (Å²) in [6, 6.07) is 10.8. The van der Waals surface area contributed by atoms with E-state index in [2.05, 4.69) is 15.5 Å². The van der Waals surface area contributed by atoms with Gasteiger partial charge in [0.25, 0.3) is 0 Å². The first-order valence-electron chi connectivity index (χ1n) is 7.41. The lowest BCUT2D eigenvalue weighted by Gasteiger charge is -2.06. The van der Waals surface area contributed by atoms with Crippen molar-refractivity contribution in [3.05, 3.63) is 42.6 Å². The Balaban J connectivity index is 1.59. The molecular formula is C16H17N5O2S. The Hall–Kier alpha value is -2.74. The highest BCUT2D eigenvalue weighted by Gasteiger charge is 2.09. The molecule has 3 rings (SSSR count). The highest BCUT2D eigenvalue weighted by molar-refractivity contribution is 7.99. The van der Waals surface area contributed by atoms with E-state index in [1.165, 1.54) is 11.8 Å². The summed E-state index contributed by atoms with van der Waals surface area (Å²) in [4.78, 5) is 12.1. The zero-order valence-corrected chi connectivity index (χ0v) is 13.9. The van der Waals surface area contributed by atoms with Crippen LogP contribution in [0.15, 0.2) is 47.8 Å². The minimum absolute atomic E-state index is 0.121. The average molecular weight is 343 g/mol. The molecule has 0 radical (unpaired) electrons. The second-order valence-electron chi connectivity index (χ2n) is 4.97. The van der Waals surface area contributed by atoms with E-state index >= 15 is 0 Å². The van der Waals surface area contributed by atoms with Crippen LogP contribution >= 0.6 is 11.8 Å². The van der Waals surface area contributed by atoms with Crippen LogP contribution in [0.5, 0.6) is 5.75 Å². The number of benzene rings is 1. The van der Waals surface area contributed by atoms with Crippen molar-refractivity contribution in [2.75, 3.05) is 23.4 Å². The summed E-state index contributed by atoms with van der Waals surface area (Å²) in [5.74, 6) is 0.880. The first-order chi connectivity index (χ1) is 11.7. The summed E-state index contributed by atoms with van der Waals surface area (Å²) in [5.41, 5.74) is 7.80. The number of hydrogen-bond acceptors (Lipinski definition) is 6. The number of ether oxygens (including phenoxy) is 1. The van der Waals surface area contributed by atoms with E-state index < -0.39 is 0 Å². The van der Waals surface area contributed by atoms with Gasteiger partial charge in [-0.2, -0.15) is 0 Å². The molecule has 0 atom stereocenters. The van der Waals surface area contributed by atoms with Crippen molar-refractivity contribution >= 4 is 34.7 Å². The van der Waals surface area contributed by atoms with Crippen molar-refractivity contribution in [2.45, 2.75) is 12.1 Å². The Kier molecular flexibility index (Phi) is 4.85. The largest absolute Gasteiger partial charge is 0.494 e. The topological polar surface area (TPSA) is 94.5 Å². The molecule has 2 aromatic heterocycles. The van der Waals surface area contributed by atoms with Crippen molar-refractivity contribution in [1.82, 2.24) is 14.6 Å². The molecule has 0 aliphatic rings. The number of nitrogens with zero attached hydrogens (tertiary/aromatic N) is 3. The number of pyridine rings is 1. The number of amides is 1. The number of nitrogens with two attached hydrogens (primary N) is 1. The number of fused-ring (bicyclic) bond motifs is 1. The Morgan fingerprint density at radius 2 is 2.04 bits per heavy atom. The molecule has 0 bridgehead atoms. The standard InChI is InChI=1S/C16H17N5O2S/c1-2-23-13-6-4-12(5-7-13)18-15(22)10-24-16-20-19-14-8-3-11(17)9-21(14)16/h3-9H,2,10,17H2,1H3,(H,18,22). The lowest BCUT2D eigenvalue weighted by atomic mass is 10.3. The van der Waals surface area contributed by atoms with Gasteiger partial charge in [-0.1, -0.05) is 11.8 Å². The smallest absolute Gasteiger partial charge is 0.234 e. The number of carbonyl (C=O) groups excluding carboxylic acids is 1. The van der Waals surface area contributed by atoms with Crippen molar-refractivity contribution < 1.29 is 9.53 Å². The number of nitrogen functional groups attached to an aromatic ring is 1. The fourth-order valence-electron chi connectivity index (χ4n) is 2.11. The molecule has 0 aliphatic carbocycles. The molecule has 3 N–H and O–H groups in total. The van der Waals surface area contributed by atoms with Gasteiger partial charge in [-0.3, -0.25) is 9.20 Å². The molecule has 0 spiro atoms. The van der Waals surface area contributed by atoms with Crippen LogP contribution in [0.2, 0.25) is 0 Å². The molecule has 0 fully saturated rings. The van der Waals surface area contributed by atoms with Crippen LogP contribution in [0.4, 0.5) is 11.4 Å². The van der Waals surface area contributed by atoms with E-state index in [0.717, 1.165) is 11.4 Å². The van der Waals surface area contributed by atoms with E-state index in [1.807, 2.05) is 19.1 Å². The highest BCUT2D eigenvalue weighted by Crippen LogP contribution is 2.19. The first kappa shape index (κ1) is 16.1. The normalized spacial score (nSPS) is 10.7. The third-order valence-electron chi connectivity index (χ3n) is 3.18. The van der Waals surface area contributed by atoms with Crippen LogP contribution in [0, 0.1) is 0 Å². The van der Waals surface area contributed by atoms with Crippen LogP contribution in [0.3, 0.4) is 0 Å². The molecule has 24 heavy (non-hydrogen) atoms. The van der Waals surface area contributed by atoms with Crippen molar-refractivity contribution in [3.8, 4) is 5.75 Å². The van der Waals surface area contributed by atoms with Gasteiger partial charge in [-0.05, 0) is 43.3 Å². The quantitative estimate of drug-likeness (QED) is 0.668. The van der Waals surface area contributed by atoms with Gasteiger partial charge in [-0.15, -0.1) is 10.2 Å². The second kappa shape index (κ2) is 7.22. The van der Waals surface area contributed by atoms with E-state index in [-0.39, 0.29) is 11.7 Å². The van der Waals surface area contributed by atoms with Crippen LogP contribution < -0.4 is 15.8 Å². The fourth-order valence-corrected chi connectivity index (χ4v) is 2.83. The van der Waals surface area contributed by atoms with Gasteiger partial charge in [0.15, 0.2) is 10.8 Å². The van der Waals surface area contributed by atoms with Gasteiger partial charge in [0.2, 0.25) is 5.91 Å². The maximum absolute atomic E-state index is 12.1. The van der Waals surface area contributed by atoms with E-state index in [0.29, 0.717) is 23.1 Å². The van der Waals surface area contributed by atoms with E-state index in [9.17, 15) is 4.79 Å². The molecule has 1 amide bonds. The van der Waals surface area contributed by atoms with Crippen molar-refractivity contribution in [1.29, 1.82) is 0 Å². The van der Waals surface area contributed by atoms with Crippen LogP contribution in [-0.4, -0.2) is 32.9 Å². The van der Waals surface area contributed by atoms with Crippen LogP contribution in [0.1, 0.15) is 6.92 Å². The predicted octanol–water partition coefficient (Wildman–Crippen LogP) is 2.44.